The number of nitrogens with zero attached hydrogens (tertiary/aromatic N) is 1. The fourth-order valence-electron chi connectivity index (χ4n) is 1.18. The summed E-state index contributed by atoms with van der Waals surface area (Å²) in [6.45, 7) is 0.0275. The average molecular weight is 289 g/mol. The summed E-state index contributed by atoms with van der Waals surface area (Å²) < 4.78 is 5.44. The Labute approximate surface area is 111 Å². The molecule has 0 aromatic carbocycles. The van der Waals surface area contributed by atoms with Gasteiger partial charge in [0.1, 0.15) is 6.61 Å². The van der Waals surface area contributed by atoms with E-state index in [4.69, 9.17) is 16.3 Å². The summed E-state index contributed by atoms with van der Waals surface area (Å²) in [4.78, 5) is 16.6. The van der Waals surface area contributed by atoms with E-state index >= 15 is 0 Å². The highest BCUT2D eigenvalue weighted by Crippen LogP contribution is 2.32. The first-order valence-electron chi connectivity index (χ1n) is 4.69. The van der Waals surface area contributed by atoms with Crippen molar-refractivity contribution in [3.63, 3.8) is 0 Å². The number of carbonyl (C=O) groups is 1. The molecule has 0 aliphatic rings. The molecule has 7 heteroatoms. The lowest BCUT2D eigenvalue weighted by molar-refractivity contribution is -0.119. The van der Waals surface area contributed by atoms with Crippen molar-refractivity contribution in [1.29, 1.82) is 0 Å². The summed E-state index contributed by atoms with van der Waals surface area (Å²) in [5.74, 6) is -0.211. The van der Waals surface area contributed by atoms with E-state index in [1.54, 1.807) is 0 Å². The largest absolute Gasteiger partial charge is 0.375 e. The minimum atomic E-state index is -0.211. The molecule has 2 rings (SSSR count). The molecule has 1 N–H and O–H groups in total. The van der Waals surface area contributed by atoms with E-state index in [0.717, 1.165) is 14.9 Å². The molecule has 0 unspecified atom stereocenters. The van der Waals surface area contributed by atoms with E-state index in [1.165, 1.54) is 29.8 Å². The Morgan fingerprint density at radius 3 is 3.06 bits per heavy atom. The van der Waals surface area contributed by atoms with Gasteiger partial charge in [-0.1, -0.05) is 11.6 Å². The van der Waals surface area contributed by atoms with Gasteiger partial charge in [0.05, 0.1) is 14.9 Å². The van der Waals surface area contributed by atoms with Crippen LogP contribution in [0.25, 0.3) is 10.6 Å². The number of halogens is 1. The second-order valence-electron chi connectivity index (χ2n) is 3.12. The van der Waals surface area contributed by atoms with Crippen molar-refractivity contribution in [3.05, 3.63) is 21.8 Å². The zero-order valence-corrected chi connectivity index (χ0v) is 11.3. The molecule has 2 aromatic heterocycles. The smallest absolute Gasteiger partial charge is 0.252 e. The maximum atomic E-state index is 11.3. The van der Waals surface area contributed by atoms with Crippen LogP contribution < -0.4 is 5.32 Å². The fourth-order valence-corrected chi connectivity index (χ4v) is 2.99. The lowest BCUT2D eigenvalue weighted by Crippen LogP contribution is -2.16. The van der Waals surface area contributed by atoms with Crippen molar-refractivity contribution in [2.75, 3.05) is 19.0 Å². The molecule has 0 spiro atoms. The number of hydrogen-bond donors (Lipinski definition) is 1. The third kappa shape index (κ3) is 3.26. The molecule has 2 aromatic rings. The van der Waals surface area contributed by atoms with Gasteiger partial charge < -0.3 is 4.74 Å². The summed E-state index contributed by atoms with van der Waals surface area (Å²) in [6, 6.07) is 3.73. The van der Waals surface area contributed by atoms with Gasteiger partial charge in [0.15, 0.2) is 5.13 Å². The summed E-state index contributed by atoms with van der Waals surface area (Å²) in [7, 11) is 1.47. The van der Waals surface area contributed by atoms with Crippen LogP contribution in [0.3, 0.4) is 0 Å². The van der Waals surface area contributed by atoms with Crippen LogP contribution >= 0.6 is 34.3 Å². The molecule has 0 saturated carbocycles. The Kier molecular flexibility index (Phi) is 4.11. The summed E-state index contributed by atoms with van der Waals surface area (Å²) in [6.07, 6.45) is 0. The molecule has 1 amide bonds. The highest BCUT2D eigenvalue weighted by Gasteiger charge is 2.09. The van der Waals surface area contributed by atoms with Gasteiger partial charge in [0.25, 0.3) is 5.91 Å². The molecule has 0 radical (unpaired) electrons. The number of amides is 1. The first kappa shape index (κ1) is 12.5. The van der Waals surface area contributed by atoms with Crippen LogP contribution in [0.4, 0.5) is 5.13 Å². The van der Waals surface area contributed by atoms with E-state index in [-0.39, 0.29) is 12.5 Å². The number of thiazole rings is 1. The topological polar surface area (TPSA) is 51.2 Å². The molecule has 2 heterocycles. The predicted octanol–water partition coefficient (Wildman–Crippen LogP) is 3.11. The van der Waals surface area contributed by atoms with Crippen molar-refractivity contribution in [3.8, 4) is 10.6 Å². The van der Waals surface area contributed by atoms with Crippen LogP contribution in [0, 0.1) is 0 Å². The SMILES string of the molecule is COCC(=O)Nc1nc(-c2ccc(Cl)s2)cs1. The highest BCUT2D eigenvalue weighted by atomic mass is 35.5. The summed E-state index contributed by atoms with van der Waals surface area (Å²) in [5, 5.41) is 5.10. The van der Waals surface area contributed by atoms with Gasteiger partial charge in [-0.05, 0) is 12.1 Å². The van der Waals surface area contributed by atoms with Crippen molar-refractivity contribution >= 4 is 45.3 Å². The molecule has 0 saturated heterocycles. The molecule has 0 aliphatic carbocycles. The van der Waals surface area contributed by atoms with Crippen molar-refractivity contribution in [1.82, 2.24) is 4.98 Å². The van der Waals surface area contributed by atoms with Gasteiger partial charge in [-0.2, -0.15) is 0 Å². The number of rotatable bonds is 4. The van der Waals surface area contributed by atoms with E-state index in [1.807, 2.05) is 17.5 Å². The number of aromatic nitrogens is 1. The number of nitrogens with one attached hydrogen (secondary N) is 1. The number of hydrogen-bond acceptors (Lipinski definition) is 5. The van der Waals surface area contributed by atoms with Crippen LogP contribution in [-0.2, 0) is 9.53 Å². The quantitative estimate of drug-likeness (QED) is 0.940. The number of carbonyl (C=O) groups excluding carboxylic acids is 1. The first-order chi connectivity index (χ1) is 8.19. The van der Waals surface area contributed by atoms with Gasteiger partial charge in [0.2, 0.25) is 0 Å². The average Bonchev–Trinajstić information content (AvgIpc) is 2.87. The highest BCUT2D eigenvalue weighted by molar-refractivity contribution is 7.20. The third-order valence-electron chi connectivity index (χ3n) is 1.85. The summed E-state index contributed by atoms with van der Waals surface area (Å²) in [5.41, 5.74) is 0.819. The zero-order valence-electron chi connectivity index (χ0n) is 8.90. The van der Waals surface area contributed by atoms with Crippen LogP contribution in [0.5, 0.6) is 0 Å². The molecular formula is C10H9ClN2O2S2. The monoisotopic (exact) mass is 288 g/mol. The van der Waals surface area contributed by atoms with E-state index in [2.05, 4.69) is 10.3 Å². The maximum Gasteiger partial charge on any atom is 0.252 e. The normalized spacial score (nSPS) is 10.5. The van der Waals surface area contributed by atoms with E-state index < -0.39 is 0 Å². The van der Waals surface area contributed by atoms with E-state index in [0.29, 0.717) is 5.13 Å². The zero-order chi connectivity index (χ0) is 12.3. The lowest BCUT2D eigenvalue weighted by atomic mass is 10.4. The molecule has 0 fully saturated rings. The van der Waals surface area contributed by atoms with Gasteiger partial charge in [-0.15, -0.1) is 22.7 Å². The number of methoxy groups -OCH3 is 1. The molecular weight excluding hydrogens is 280 g/mol. The maximum absolute atomic E-state index is 11.3. The second-order valence-corrected chi connectivity index (χ2v) is 5.70. The summed E-state index contributed by atoms with van der Waals surface area (Å²) >= 11 is 8.68. The molecule has 0 atom stereocenters. The van der Waals surface area contributed by atoms with Crippen molar-refractivity contribution in [2.24, 2.45) is 0 Å². The second kappa shape index (κ2) is 5.59. The van der Waals surface area contributed by atoms with Crippen molar-refractivity contribution in [2.45, 2.75) is 0 Å². The van der Waals surface area contributed by atoms with Crippen LogP contribution in [0.15, 0.2) is 17.5 Å². The minimum Gasteiger partial charge on any atom is -0.375 e. The van der Waals surface area contributed by atoms with Crippen molar-refractivity contribution < 1.29 is 9.53 Å². The third-order valence-corrected chi connectivity index (χ3v) is 3.86. The molecule has 4 nitrogen and oxygen atoms in total. The minimum absolute atomic E-state index is 0.0275. The Balaban J connectivity index is 2.08. The van der Waals surface area contributed by atoms with E-state index in [9.17, 15) is 4.79 Å². The molecule has 17 heavy (non-hydrogen) atoms. The van der Waals surface area contributed by atoms with Gasteiger partial charge >= 0.3 is 0 Å². The van der Waals surface area contributed by atoms with Gasteiger partial charge in [-0.3, -0.25) is 10.1 Å². The molecule has 0 aliphatic heterocycles. The van der Waals surface area contributed by atoms with Crippen LogP contribution in [0.2, 0.25) is 4.34 Å². The number of anilines is 1. The predicted molar refractivity (Wildman–Crippen MR) is 70.9 cm³/mol. The number of thiophene rings is 1. The standard InChI is InChI=1S/C10H9ClN2O2S2/c1-15-4-9(14)13-10-12-6(5-16-10)7-2-3-8(11)17-7/h2-3,5H,4H2,1H3,(H,12,13,14). The number of ether oxygens (including phenoxy) is 1. The molecule has 90 valence electrons. The lowest BCUT2D eigenvalue weighted by Gasteiger charge is -1.98. The van der Waals surface area contributed by atoms with Gasteiger partial charge in [0, 0.05) is 12.5 Å². The Hall–Kier alpha value is -0.950. The van der Waals surface area contributed by atoms with Gasteiger partial charge in [-0.25, -0.2) is 4.98 Å². The van der Waals surface area contributed by atoms with Crippen LogP contribution in [0.1, 0.15) is 0 Å². The van der Waals surface area contributed by atoms with Crippen LogP contribution in [-0.4, -0.2) is 24.6 Å². The Bertz CT molecular complexity index is 524. The molecule has 0 bridgehead atoms. The Morgan fingerprint density at radius 1 is 1.59 bits per heavy atom. The fraction of sp³-hybridized carbons (Fsp3) is 0.200. The first-order valence-corrected chi connectivity index (χ1v) is 6.76. The Morgan fingerprint density at radius 2 is 2.41 bits per heavy atom.